The van der Waals surface area contributed by atoms with Gasteiger partial charge in [0, 0.05) is 11.8 Å². The smallest absolute Gasteiger partial charge is 0.155 e. The van der Waals surface area contributed by atoms with Gasteiger partial charge < -0.3 is 0 Å². The molecule has 100 valence electrons. The molecule has 0 aromatic heterocycles. The highest BCUT2D eigenvalue weighted by molar-refractivity contribution is 5.91. The molecule has 1 atom stereocenters. The minimum absolute atomic E-state index is 0.0552. The molecule has 20 heavy (non-hydrogen) atoms. The highest BCUT2D eigenvalue weighted by Crippen LogP contribution is 2.39. The van der Waals surface area contributed by atoms with Crippen LogP contribution in [0.2, 0.25) is 0 Å². The van der Waals surface area contributed by atoms with Gasteiger partial charge in [-0.3, -0.25) is 4.79 Å². The van der Waals surface area contributed by atoms with E-state index in [1.165, 1.54) is 16.7 Å². The zero-order chi connectivity index (χ0) is 14.0. The molecule has 0 spiro atoms. The quantitative estimate of drug-likeness (QED) is 0.777. The number of allylic oxidation sites excluding steroid dienone is 2. The van der Waals surface area contributed by atoms with Gasteiger partial charge in [0.05, 0.1) is 0 Å². The molecular weight excluding hydrogens is 244 g/mol. The summed E-state index contributed by atoms with van der Waals surface area (Å²) in [5.74, 6) is 0.236. The van der Waals surface area contributed by atoms with Gasteiger partial charge in [-0.15, -0.1) is 0 Å². The van der Waals surface area contributed by atoms with Crippen LogP contribution in [0.4, 0.5) is 0 Å². The third-order valence-corrected chi connectivity index (χ3v) is 4.15. The van der Waals surface area contributed by atoms with Crippen LogP contribution in [0.5, 0.6) is 0 Å². The second kappa shape index (κ2) is 5.09. The molecule has 1 heteroatoms. The van der Waals surface area contributed by atoms with Crippen molar-refractivity contribution in [2.45, 2.75) is 25.2 Å². The lowest BCUT2D eigenvalue weighted by atomic mass is 9.72. The Morgan fingerprint density at radius 2 is 1.65 bits per heavy atom. The first-order valence-electron chi connectivity index (χ1n) is 7.06. The van der Waals surface area contributed by atoms with E-state index < -0.39 is 0 Å². The number of carbonyl (C=O) groups excluding carboxylic acids is 1. The van der Waals surface area contributed by atoms with Crippen molar-refractivity contribution in [1.82, 2.24) is 0 Å². The van der Waals surface area contributed by atoms with Gasteiger partial charge in [-0.25, -0.2) is 0 Å². The summed E-state index contributed by atoms with van der Waals surface area (Å²) in [4.78, 5) is 11.5. The molecule has 0 N–H and O–H groups in total. The largest absolute Gasteiger partial charge is 0.295 e. The van der Waals surface area contributed by atoms with Gasteiger partial charge in [-0.1, -0.05) is 67.6 Å². The van der Waals surface area contributed by atoms with E-state index in [0.29, 0.717) is 6.42 Å². The molecule has 0 heterocycles. The van der Waals surface area contributed by atoms with E-state index in [-0.39, 0.29) is 11.2 Å². The SMILES string of the molecule is CC1(c2ccccc2-c2ccccc2)C=CC(=O)CC1. The van der Waals surface area contributed by atoms with Crippen molar-refractivity contribution in [3.05, 3.63) is 72.3 Å². The molecule has 0 amide bonds. The number of benzene rings is 2. The topological polar surface area (TPSA) is 17.1 Å². The van der Waals surface area contributed by atoms with Gasteiger partial charge in [-0.2, -0.15) is 0 Å². The van der Waals surface area contributed by atoms with Crippen molar-refractivity contribution in [2.24, 2.45) is 0 Å². The van der Waals surface area contributed by atoms with Crippen LogP contribution < -0.4 is 0 Å². The van der Waals surface area contributed by atoms with Crippen molar-refractivity contribution >= 4 is 5.78 Å². The molecule has 0 bridgehead atoms. The third kappa shape index (κ3) is 2.32. The van der Waals surface area contributed by atoms with E-state index in [2.05, 4.69) is 61.5 Å². The average molecular weight is 262 g/mol. The molecule has 0 fully saturated rings. The van der Waals surface area contributed by atoms with Crippen LogP contribution in [-0.2, 0) is 10.2 Å². The Hall–Kier alpha value is -2.15. The van der Waals surface area contributed by atoms with Gasteiger partial charge in [0.25, 0.3) is 0 Å². The highest BCUT2D eigenvalue weighted by atomic mass is 16.1. The normalized spacial score (nSPS) is 21.9. The number of hydrogen-bond donors (Lipinski definition) is 0. The van der Waals surface area contributed by atoms with Gasteiger partial charge >= 0.3 is 0 Å². The van der Waals surface area contributed by atoms with E-state index in [9.17, 15) is 4.79 Å². The summed E-state index contributed by atoms with van der Waals surface area (Å²) < 4.78 is 0. The Labute approximate surface area is 120 Å². The first-order chi connectivity index (χ1) is 9.69. The zero-order valence-electron chi connectivity index (χ0n) is 11.7. The lowest BCUT2D eigenvalue weighted by Crippen LogP contribution is -2.24. The summed E-state index contributed by atoms with van der Waals surface area (Å²) in [5.41, 5.74) is 3.74. The van der Waals surface area contributed by atoms with Crippen LogP contribution >= 0.6 is 0 Å². The average Bonchev–Trinajstić information content (AvgIpc) is 2.51. The van der Waals surface area contributed by atoms with Gasteiger partial charge in [0.15, 0.2) is 5.78 Å². The van der Waals surface area contributed by atoms with E-state index in [0.717, 1.165) is 6.42 Å². The van der Waals surface area contributed by atoms with E-state index in [1.54, 1.807) is 6.08 Å². The van der Waals surface area contributed by atoms with Crippen molar-refractivity contribution in [2.75, 3.05) is 0 Å². The van der Waals surface area contributed by atoms with Crippen molar-refractivity contribution in [3.63, 3.8) is 0 Å². The molecule has 3 rings (SSSR count). The first kappa shape index (κ1) is 12.9. The first-order valence-corrected chi connectivity index (χ1v) is 7.06. The number of carbonyl (C=O) groups is 1. The summed E-state index contributed by atoms with van der Waals surface area (Å²) in [6, 6.07) is 18.9. The number of rotatable bonds is 2. The fourth-order valence-electron chi connectivity index (χ4n) is 2.90. The summed E-state index contributed by atoms with van der Waals surface area (Å²) in [6.45, 7) is 2.22. The summed E-state index contributed by atoms with van der Waals surface area (Å²) in [7, 11) is 0. The van der Waals surface area contributed by atoms with Gasteiger partial charge in [0.1, 0.15) is 0 Å². The molecule has 0 aliphatic heterocycles. The Morgan fingerprint density at radius 1 is 0.950 bits per heavy atom. The molecule has 1 unspecified atom stereocenters. The second-order valence-electron chi connectivity index (χ2n) is 5.63. The molecule has 0 radical (unpaired) electrons. The maximum Gasteiger partial charge on any atom is 0.155 e. The molecule has 2 aromatic rings. The maximum atomic E-state index is 11.5. The van der Waals surface area contributed by atoms with Crippen molar-refractivity contribution in [3.8, 4) is 11.1 Å². The Balaban J connectivity index is 2.11. The minimum atomic E-state index is -0.0552. The molecule has 1 aliphatic carbocycles. The lowest BCUT2D eigenvalue weighted by molar-refractivity contribution is -0.115. The second-order valence-corrected chi connectivity index (χ2v) is 5.63. The molecular formula is C19H18O. The molecule has 1 nitrogen and oxygen atoms in total. The molecule has 0 saturated carbocycles. The van der Waals surface area contributed by atoms with Crippen LogP contribution in [0.1, 0.15) is 25.3 Å². The zero-order valence-corrected chi connectivity index (χ0v) is 11.7. The van der Waals surface area contributed by atoms with E-state index >= 15 is 0 Å². The summed E-state index contributed by atoms with van der Waals surface area (Å²) in [6.07, 6.45) is 5.33. The maximum absolute atomic E-state index is 11.5. The highest BCUT2D eigenvalue weighted by Gasteiger charge is 2.29. The molecule has 1 aliphatic rings. The molecule has 2 aromatic carbocycles. The van der Waals surface area contributed by atoms with Gasteiger partial charge in [0.2, 0.25) is 0 Å². The fourth-order valence-corrected chi connectivity index (χ4v) is 2.90. The van der Waals surface area contributed by atoms with Crippen molar-refractivity contribution in [1.29, 1.82) is 0 Å². The van der Waals surface area contributed by atoms with Crippen LogP contribution in [0.15, 0.2) is 66.7 Å². The van der Waals surface area contributed by atoms with Crippen LogP contribution in [0.25, 0.3) is 11.1 Å². The monoisotopic (exact) mass is 262 g/mol. The Bertz CT molecular complexity index is 654. The van der Waals surface area contributed by atoms with E-state index in [4.69, 9.17) is 0 Å². The summed E-state index contributed by atoms with van der Waals surface area (Å²) >= 11 is 0. The van der Waals surface area contributed by atoms with Crippen LogP contribution in [0.3, 0.4) is 0 Å². The Kier molecular flexibility index (Phi) is 3.27. The predicted octanol–water partition coefficient (Wildman–Crippen LogP) is 4.53. The van der Waals surface area contributed by atoms with Crippen LogP contribution in [0, 0.1) is 0 Å². The van der Waals surface area contributed by atoms with Crippen LogP contribution in [-0.4, -0.2) is 5.78 Å². The van der Waals surface area contributed by atoms with Gasteiger partial charge in [-0.05, 0) is 29.2 Å². The molecule has 0 saturated heterocycles. The number of hydrogen-bond acceptors (Lipinski definition) is 1. The predicted molar refractivity (Wildman–Crippen MR) is 82.6 cm³/mol. The van der Waals surface area contributed by atoms with E-state index in [1.807, 2.05) is 6.07 Å². The Morgan fingerprint density at radius 3 is 2.35 bits per heavy atom. The standard InChI is InChI=1S/C19H18O/c1-19(13-11-16(20)12-14-19)18-10-6-5-9-17(18)15-7-3-2-4-8-15/h2-11,13H,12,14H2,1H3. The third-order valence-electron chi connectivity index (χ3n) is 4.15. The lowest BCUT2D eigenvalue weighted by Gasteiger charge is -2.31. The van der Waals surface area contributed by atoms with Crippen molar-refractivity contribution < 1.29 is 4.79 Å². The summed E-state index contributed by atoms with van der Waals surface area (Å²) in [5, 5.41) is 0. The number of ketones is 1. The minimum Gasteiger partial charge on any atom is -0.295 e. The fraction of sp³-hybridized carbons (Fsp3) is 0.211.